The van der Waals surface area contributed by atoms with Crippen molar-refractivity contribution in [2.24, 2.45) is 0 Å². The van der Waals surface area contributed by atoms with Crippen molar-refractivity contribution in [3.05, 3.63) is 33.5 Å². The van der Waals surface area contributed by atoms with Crippen LogP contribution in [0.2, 0.25) is 0 Å². The molecular formula is C8H7N2O6RbS. The summed E-state index contributed by atoms with van der Waals surface area (Å²) >= 11 is 0.156. The Bertz CT molecular complexity index is 444. The molecule has 0 atom stereocenters. The van der Waals surface area contributed by atoms with Crippen molar-refractivity contribution in [2.75, 3.05) is 0 Å². The maximum atomic E-state index is 10.8. The van der Waals surface area contributed by atoms with Crippen molar-refractivity contribution in [3.63, 3.8) is 0 Å². The summed E-state index contributed by atoms with van der Waals surface area (Å²) in [6.07, 6.45) is 0. The van der Waals surface area contributed by atoms with Gasteiger partial charge in [0.2, 0.25) is 5.75 Å². The third-order valence-corrected chi connectivity index (χ3v) is 1.69. The topological polar surface area (TPSA) is 112 Å². The van der Waals surface area contributed by atoms with Gasteiger partial charge in [0.1, 0.15) is 0 Å². The predicted molar refractivity (Wildman–Crippen MR) is 58.0 cm³/mol. The van der Waals surface area contributed by atoms with E-state index in [1.807, 2.05) is 0 Å². The van der Waals surface area contributed by atoms with Crippen LogP contribution in [0.3, 0.4) is 0 Å². The Morgan fingerprint density at radius 3 is 2.67 bits per heavy atom. The molecule has 1 aromatic rings. The number of ether oxygens (including phenoxy) is 1. The van der Waals surface area contributed by atoms with Gasteiger partial charge < -0.3 is 14.8 Å². The fourth-order valence-electron chi connectivity index (χ4n) is 1.01. The second kappa shape index (κ2) is 8.96. The van der Waals surface area contributed by atoms with Crippen LogP contribution in [0.1, 0.15) is 6.92 Å². The number of nitrogens with zero attached hydrogens (tertiary/aromatic N) is 1. The van der Waals surface area contributed by atoms with Crippen molar-refractivity contribution < 1.29 is 81.9 Å². The molecule has 1 N–H and O–H groups in total. The van der Waals surface area contributed by atoms with Crippen molar-refractivity contribution in [3.8, 4) is 11.5 Å². The van der Waals surface area contributed by atoms with Gasteiger partial charge in [-0.1, -0.05) is 18.3 Å². The van der Waals surface area contributed by atoms with Crippen molar-refractivity contribution in [1.29, 1.82) is 0 Å². The number of hydrogen-bond donors (Lipinski definition) is 0. The maximum Gasteiger partial charge on any atom is 1.00 e. The van der Waals surface area contributed by atoms with Crippen LogP contribution in [-0.2, 0) is 9.13 Å². The Morgan fingerprint density at radius 1 is 1.50 bits per heavy atom. The first-order valence-corrected chi connectivity index (χ1v) is 4.93. The van der Waals surface area contributed by atoms with E-state index in [1.54, 1.807) is 0 Å². The molecule has 0 amide bonds. The molecule has 0 heterocycles. The molecule has 92 valence electrons. The molecule has 0 aliphatic carbocycles. The number of esters is 1. The molecule has 0 saturated heterocycles. The summed E-state index contributed by atoms with van der Waals surface area (Å²) in [6, 6.07) is 3.79. The zero-order chi connectivity index (χ0) is 12.8. The van der Waals surface area contributed by atoms with Crippen LogP contribution < -0.4 is 67.8 Å². The second-order valence-electron chi connectivity index (χ2n) is 2.69. The van der Waals surface area contributed by atoms with Crippen LogP contribution in [0.4, 0.5) is 5.69 Å². The van der Waals surface area contributed by atoms with Gasteiger partial charge in [0.05, 0.1) is 4.92 Å². The van der Waals surface area contributed by atoms with Crippen LogP contribution in [0.5, 0.6) is 11.5 Å². The number of nitro benzene ring substituents is 1. The van der Waals surface area contributed by atoms with Gasteiger partial charge in [0.15, 0.2) is 0 Å². The van der Waals surface area contributed by atoms with E-state index in [2.05, 4.69) is 14.0 Å². The Morgan fingerprint density at radius 2 is 2.17 bits per heavy atom. The molecule has 18 heavy (non-hydrogen) atoms. The third-order valence-electron chi connectivity index (χ3n) is 1.56. The summed E-state index contributed by atoms with van der Waals surface area (Å²) in [5.41, 5.74) is -0.434. The van der Waals surface area contributed by atoms with Crippen molar-refractivity contribution in [2.45, 2.75) is 6.92 Å². The van der Waals surface area contributed by atoms with Gasteiger partial charge in [0.25, 0.3) is 5.75 Å². The molecule has 1 aromatic carbocycles. The largest absolute Gasteiger partial charge is 1.00 e. The number of nitrogens with one attached hydrogen (secondary N) is 1. The van der Waals surface area contributed by atoms with E-state index in [4.69, 9.17) is 5.14 Å². The molecule has 1 rings (SSSR count). The molecule has 8 nitrogen and oxygen atoms in total. The summed E-state index contributed by atoms with van der Waals surface area (Å²) < 4.78 is 8.92. The summed E-state index contributed by atoms with van der Waals surface area (Å²) in [7, 11) is 0. The van der Waals surface area contributed by atoms with Gasteiger partial charge in [-0.05, 0) is 6.07 Å². The maximum absolute atomic E-state index is 10.8. The average molecular weight is 345 g/mol. The fourth-order valence-corrected chi connectivity index (χ4v) is 1.12. The minimum Gasteiger partial charge on any atom is -0.593 e. The first-order chi connectivity index (χ1) is 8.06. The Hall–Kier alpha value is -0.0348. The summed E-state index contributed by atoms with van der Waals surface area (Å²) in [5, 5.41) is 17.3. The molecule has 0 bridgehead atoms. The van der Waals surface area contributed by atoms with E-state index >= 15 is 0 Å². The zero-order valence-corrected chi connectivity index (χ0v) is 15.3. The Balaban J connectivity index is 0.00000289. The Labute approximate surface area is 155 Å². The molecule has 0 aliphatic heterocycles. The number of para-hydroxylation sites is 1. The zero-order valence-electron chi connectivity index (χ0n) is 9.54. The number of nitro groups is 1. The van der Waals surface area contributed by atoms with Gasteiger partial charge in [-0.15, -0.1) is 4.33 Å². The minimum absolute atomic E-state index is 0. The van der Waals surface area contributed by atoms with Gasteiger partial charge >= 0.3 is 69.8 Å². The van der Waals surface area contributed by atoms with Crippen molar-refractivity contribution >= 4 is 23.9 Å². The predicted octanol–water partition coefficient (Wildman–Crippen LogP) is -0.550. The molecule has 10 heteroatoms. The van der Waals surface area contributed by atoms with Gasteiger partial charge in [-0.25, -0.2) is 0 Å². The number of hydrogen-bond acceptors (Lipinski definition) is 7. The quantitative estimate of drug-likeness (QED) is 0.134. The molecule has 0 aromatic heterocycles. The Kier molecular flexibility index (Phi) is 8.95. The molecule has 0 radical (unpaired) electrons. The van der Waals surface area contributed by atoms with Gasteiger partial charge in [-0.2, -0.15) is 0 Å². The van der Waals surface area contributed by atoms with E-state index in [0.29, 0.717) is 0 Å². The standard InChI is InChI=1S/C8H7N2O6S.Rb/c1-5(11)14-8-6(10(12)13)3-2-4-7(8)15-16-17-9;/h2-4,9H,1H3;/q-1;+1. The minimum atomic E-state index is -0.734. The van der Waals surface area contributed by atoms with Gasteiger partial charge in [-0.3, -0.25) is 14.9 Å². The number of carbonyl (C=O) groups excluding carboxylic acids is 1. The number of carbonyl (C=O) groups is 1. The van der Waals surface area contributed by atoms with E-state index in [-0.39, 0.29) is 81.9 Å². The second-order valence-corrected chi connectivity index (χ2v) is 2.99. The third kappa shape index (κ3) is 5.30. The van der Waals surface area contributed by atoms with E-state index in [1.165, 1.54) is 12.1 Å². The van der Waals surface area contributed by atoms with E-state index < -0.39 is 16.6 Å². The number of benzene rings is 1. The van der Waals surface area contributed by atoms with E-state index in [0.717, 1.165) is 13.0 Å². The average Bonchev–Trinajstić information content (AvgIpc) is 2.26. The summed E-state index contributed by atoms with van der Waals surface area (Å²) in [5.74, 6) is -1.25. The SMILES string of the molecule is CC(=O)Oc1c(OOS[NH-])cccc1[N+](=O)[O-].[Rb+]. The monoisotopic (exact) mass is 344 g/mol. The molecule has 0 fully saturated rings. The van der Waals surface area contributed by atoms with E-state index in [9.17, 15) is 14.9 Å². The van der Waals surface area contributed by atoms with Crippen molar-refractivity contribution in [1.82, 2.24) is 0 Å². The molecule has 0 saturated carbocycles. The molecule has 0 unspecified atom stereocenters. The van der Waals surface area contributed by atoms with Crippen LogP contribution in [-0.4, -0.2) is 10.9 Å². The van der Waals surface area contributed by atoms with Gasteiger partial charge in [0, 0.05) is 13.0 Å². The molecule has 0 aliphatic rings. The fraction of sp³-hybridized carbons (Fsp3) is 0.125. The van der Waals surface area contributed by atoms with Crippen LogP contribution in [0, 0.1) is 10.1 Å². The first-order valence-electron chi connectivity index (χ1n) is 4.19. The van der Waals surface area contributed by atoms with Crippen LogP contribution in [0.15, 0.2) is 18.2 Å². The van der Waals surface area contributed by atoms with Crippen LogP contribution in [0.25, 0.3) is 5.14 Å². The summed E-state index contributed by atoms with van der Waals surface area (Å²) in [6.45, 7) is 1.10. The number of rotatable bonds is 5. The normalized spacial score (nSPS) is 9.22. The smallest absolute Gasteiger partial charge is 0.593 e. The van der Waals surface area contributed by atoms with Crippen LogP contribution >= 0.6 is 12.2 Å². The molecular weight excluding hydrogens is 338 g/mol. The first kappa shape index (κ1) is 18.0. The summed E-state index contributed by atoms with van der Waals surface area (Å²) in [4.78, 5) is 25.4. The molecule has 0 spiro atoms.